The highest BCUT2D eigenvalue weighted by atomic mass is 16.5. The molecule has 0 bridgehead atoms. The number of aromatic nitrogens is 1. The molecule has 2 heterocycles. The maximum atomic E-state index is 10.6. The summed E-state index contributed by atoms with van der Waals surface area (Å²) in [5, 5.41) is 9.12. The third-order valence-corrected chi connectivity index (χ3v) is 6.79. The Hall–Kier alpha value is -1.72. The Morgan fingerprint density at radius 2 is 1.79 bits per heavy atom. The van der Waals surface area contributed by atoms with Crippen molar-refractivity contribution >= 4 is 46.3 Å². The number of benzene rings is 1. The van der Waals surface area contributed by atoms with Gasteiger partial charge in [0, 0.05) is 18.0 Å². The van der Waals surface area contributed by atoms with E-state index in [2.05, 4.69) is 25.8 Å². The van der Waals surface area contributed by atoms with Crippen LogP contribution >= 0.6 is 0 Å². The molecule has 1 N–H and O–H groups in total. The number of rotatable bonds is 6. The Balaban J connectivity index is 2.07. The van der Waals surface area contributed by atoms with Gasteiger partial charge in [-0.25, -0.2) is 0 Å². The molecule has 2 aromatic rings. The number of hydrogen-bond acceptors (Lipinski definition) is 5. The van der Waals surface area contributed by atoms with E-state index in [9.17, 15) is 5.02 Å². The minimum absolute atomic E-state index is 0.434. The summed E-state index contributed by atoms with van der Waals surface area (Å²) in [7, 11) is 11.1. The van der Waals surface area contributed by atoms with Crippen LogP contribution in [0.4, 0.5) is 0 Å². The lowest BCUT2D eigenvalue weighted by atomic mass is 9.20. The molecule has 1 aliphatic heterocycles. The highest BCUT2D eigenvalue weighted by Gasteiger charge is 2.64. The van der Waals surface area contributed by atoms with Crippen LogP contribution in [0.2, 0.25) is 5.11 Å². The summed E-state index contributed by atoms with van der Waals surface area (Å²) in [4.78, 5) is 4.53. The van der Waals surface area contributed by atoms with Crippen LogP contribution in [0.25, 0.3) is 11.1 Å². The summed E-state index contributed by atoms with van der Waals surface area (Å²) in [6.07, 6.45) is 4.66. The smallest absolute Gasteiger partial charge is 0.443 e. The van der Waals surface area contributed by atoms with E-state index in [4.69, 9.17) is 14.1 Å². The Morgan fingerprint density at radius 1 is 1.07 bits per heavy atom. The Bertz CT molecular complexity index is 896. The van der Waals surface area contributed by atoms with Crippen molar-refractivity contribution in [3.05, 3.63) is 42.2 Å². The summed E-state index contributed by atoms with van der Waals surface area (Å²) >= 11 is 0. The molecule has 0 spiro atoms. The van der Waals surface area contributed by atoms with E-state index >= 15 is 0 Å². The minimum atomic E-state index is -0.846. The summed E-state index contributed by atoms with van der Waals surface area (Å²) < 4.78 is 17.3. The molecule has 5 nitrogen and oxygen atoms in total. The molecule has 1 aliphatic rings. The van der Waals surface area contributed by atoms with Gasteiger partial charge in [-0.1, -0.05) is 13.0 Å². The van der Waals surface area contributed by atoms with E-state index < -0.39 is 22.9 Å². The summed E-state index contributed by atoms with van der Waals surface area (Å²) in [5.41, 5.74) is 3.03. The fourth-order valence-electron chi connectivity index (χ4n) is 4.34. The number of hydrogen-bond donors (Lipinski definition) is 1. The number of pyridine rings is 1. The average molecular weight is 386 g/mol. The molecular formula is C18H27B6NO4. The molecule has 0 unspecified atom stereocenters. The Kier molecular flexibility index (Phi) is 5.94. The van der Waals surface area contributed by atoms with Crippen LogP contribution in [0.1, 0.15) is 18.9 Å². The van der Waals surface area contributed by atoms with E-state index in [1.165, 1.54) is 0 Å². The van der Waals surface area contributed by atoms with Crippen LogP contribution in [-0.4, -0.2) is 75.5 Å². The lowest BCUT2D eigenvalue weighted by Crippen LogP contribution is -2.56. The largest absolute Gasteiger partial charge is 0.493 e. The minimum Gasteiger partial charge on any atom is -0.493 e. The van der Waals surface area contributed by atoms with Crippen LogP contribution in [-0.2, 0) is 9.97 Å². The monoisotopic (exact) mass is 387 g/mol. The molecular weight excluding hydrogens is 359 g/mol. The van der Waals surface area contributed by atoms with Gasteiger partial charge in [-0.15, -0.1) is 0 Å². The molecule has 1 atom stereocenters. The van der Waals surface area contributed by atoms with Gasteiger partial charge in [-0.05, 0) is 51.6 Å². The third kappa shape index (κ3) is 3.53. The van der Waals surface area contributed by atoms with Gasteiger partial charge in [0.2, 0.25) is 0 Å². The van der Waals surface area contributed by atoms with Crippen LogP contribution in [0.5, 0.6) is 11.5 Å². The Morgan fingerprint density at radius 3 is 2.38 bits per heavy atom. The molecule has 0 aliphatic carbocycles. The molecule has 1 aromatic carbocycles. The van der Waals surface area contributed by atoms with Crippen molar-refractivity contribution in [2.45, 2.75) is 29.2 Å². The van der Waals surface area contributed by atoms with E-state index in [-0.39, 0.29) is 0 Å². The van der Waals surface area contributed by atoms with E-state index in [1.54, 1.807) is 7.11 Å². The zero-order valence-electron chi connectivity index (χ0n) is 18.6. The molecule has 29 heavy (non-hydrogen) atoms. The SMILES string of the molecule is BC1(B)OB(O)C(B)(B)[C@]1(B)c1cncc(-c2ccc(OC)c(OCCC)c2)c1. The summed E-state index contributed by atoms with van der Waals surface area (Å²) in [6.45, 7) is 2.71. The fraction of sp³-hybridized carbons (Fsp3) is 0.389. The van der Waals surface area contributed by atoms with E-state index in [0.29, 0.717) is 12.4 Å². The molecule has 146 valence electrons. The van der Waals surface area contributed by atoms with E-state index in [1.807, 2.05) is 62.0 Å². The van der Waals surface area contributed by atoms with Crippen molar-refractivity contribution in [1.29, 1.82) is 0 Å². The number of ether oxygens (including phenoxy) is 2. The first-order valence-corrected chi connectivity index (χ1v) is 10.2. The zero-order valence-corrected chi connectivity index (χ0v) is 18.6. The first-order chi connectivity index (χ1) is 13.6. The van der Waals surface area contributed by atoms with Gasteiger partial charge in [0.1, 0.15) is 23.5 Å². The topological polar surface area (TPSA) is 60.8 Å². The average Bonchev–Trinajstić information content (AvgIpc) is 2.82. The standard InChI is InChI=1S/C18H27B6NO4/c1-3-6-28-15-8-11(4-5-14(15)27-2)12-7-13(10-25-9-12)16(19)17(20,21)24(26)29-18(16,22)23/h4-5,7-10,26H,3,6,19-23H2,1-2H3/t16-/m1/s1. The highest BCUT2D eigenvalue weighted by molar-refractivity contribution is 6.77. The normalized spacial score (nSPS) is 22.4. The van der Waals surface area contributed by atoms with Gasteiger partial charge in [0.15, 0.2) is 11.5 Å². The van der Waals surface area contributed by atoms with Gasteiger partial charge >= 0.3 is 7.12 Å². The molecule has 3 rings (SSSR count). The van der Waals surface area contributed by atoms with Gasteiger partial charge < -0.3 is 19.2 Å². The highest BCUT2D eigenvalue weighted by Crippen LogP contribution is 2.54. The molecule has 0 saturated carbocycles. The first kappa shape index (κ1) is 22.0. The molecule has 0 radical (unpaired) electrons. The van der Waals surface area contributed by atoms with Crippen molar-refractivity contribution in [3.8, 4) is 22.6 Å². The van der Waals surface area contributed by atoms with Crippen LogP contribution < -0.4 is 9.47 Å². The molecule has 1 fully saturated rings. The van der Waals surface area contributed by atoms with Crippen molar-refractivity contribution in [2.24, 2.45) is 0 Å². The third-order valence-electron chi connectivity index (χ3n) is 6.79. The lowest BCUT2D eigenvalue weighted by Gasteiger charge is -2.46. The molecule has 11 heteroatoms. The summed E-state index contributed by atoms with van der Waals surface area (Å²) in [6, 6.07) is 8.07. The van der Waals surface area contributed by atoms with Crippen LogP contribution in [0.15, 0.2) is 36.7 Å². The quantitative estimate of drug-likeness (QED) is 0.568. The van der Waals surface area contributed by atoms with Gasteiger partial charge in [-0.2, -0.15) is 0 Å². The van der Waals surface area contributed by atoms with Gasteiger partial charge in [-0.3, -0.25) is 4.98 Å². The van der Waals surface area contributed by atoms with Crippen molar-refractivity contribution < 1.29 is 19.2 Å². The van der Waals surface area contributed by atoms with Crippen molar-refractivity contribution in [1.82, 2.24) is 4.98 Å². The first-order valence-electron chi connectivity index (χ1n) is 10.2. The van der Waals surface area contributed by atoms with Gasteiger partial charge in [0.05, 0.1) is 29.4 Å². The second kappa shape index (κ2) is 7.84. The fourth-order valence-corrected chi connectivity index (χ4v) is 4.34. The Labute approximate surface area is 178 Å². The second-order valence-corrected chi connectivity index (χ2v) is 9.00. The van der Waals surface area contributed by atoms with Crippen molar-refractivity contribution in [3.63, 3.8) is 0 Å². The zero-order chi connectivity index (χ0) is 21.4. The predicted molar refractivity (Wildman–Crippen MR) is 131 cm³/mol. The molecule has 1 saturated heterocycles. The van der Waals surface area contributed by atoms with Gasteiger partial charge in [0.25, 0.3) is 0 Å². The molecule has 1 aromatic heterocycles. The van der Waals surface area contributed by atoms with Crippen LogP contribution in [0.3, 0.4) is 0 Å². The number of methoxy groups -OCH3 is 1. The van der Waals surface area contributed by atoms with Crippen LogP contribution in [0, 0.1) is 0 Å². The predicted octanol–water partition coefficient (Wildman–Crippen LogP) is -2.27. The number of nitrogens with zero attached hydrogens (tertiary/aromatic N) is 1. The second-order valence-electron chi connectivity index (χ2n) is 9.00. The summed E-state index contributed by atoms with van der Waals surface area (Å²) in [5.74, 6) is 1.44. The maximum Gasteiger partial charge on any atom is 0.443 e. The lowest BCUT2D eigenvalue weighted by molar-refractivity contribution is 0.208. The molecule has 0 amide bonds. The van der Waals surface area contributed by atoms with E-state index in [0.717, 1.165) is 28.9 Å². The maximum absolute atomic E-state index is 10.6. The van der Waals surface area contributed by atoms with Crippen molar-refractivity contribution in [2.75, 3.05) is 13.7 Å².